The van der Waals surface area contributed by atoms with E-state index in [1.807, 2.05) is 17.1 Å². The number of unbranched alkanes of at least 4 members (excludes halogenated alkanes) is 3. The number of hydrogen-bond donors (Lipinski definition) is 1. The number of hydrogen-bond acceptors (Lipinski definition) is 2. The molecule has 0 fully saturated rings. The summed E-state index contributed by atoms with van der Waals surface area (Å²) in [5.74, 6) is -0.867. The highest BCUT2D eigenvalue weighted by Gasteiger charge is 1.91. The van der Waals surface area contributed by atoms with Gasteiger partial charge < -0.3 is 9.67 Å². The molecule has 1 aromatic rings. The van der Waals surface area contributed by atoms with Crippen molar-refractivity contribution in [3.05, 3.63) is 30.9 Å². The van der Waals surface area contributed by atoms with Gasteiger partial charge in [-0.1, -0.05) is 12.5 Å². The maximum absolute atomic E-state index is 10.1. The number of imidazole rings is 1. The van der Waals surface area contributed by atoms with E-state index in [1.54, 1.807) is 12.3 Å². The molecule has 1 rings (SSSR count). The van der Waals surface area contributed by atoms with Gasteiger partial charge >= 0.3 is 5.97 Å². The van der Waals surface area contributed by atoms with Crippen LogP contribution < -0.4 is 0 Å². The van der Waals surface area contributed by atoms with Crippen LogP contribution in [0.15, 0.2) is 30.9 Å². The fourth-order valence-corrected chi connectivity index (χ4v) is 1.34. The van der Waals surface area contributed by atoms with Crippen LogP contribution in [-0.4, -0.2) is 20.6 Å². The summed E-state index contributed by atoms with van der Waals surface area (Å²) in [6, 6.07) is 0. The predicted octanol–water partition coefficient (Wildman–Crippen LogP) is 2.08. The van der Waals surface area contributed by atoms with Gasteiger partial charge in [-0.3, -0.25) is 0 Å². The number of carboxylic acids is 1. The molecule has 0 aliphatic heterocycles. The molecule has 0 saturated heterocycles. The van der Waals surface area contributed by atoms with Gasteiger partial charge in [-0.15, -0.1) is 0 Å². The summed E-state index contributed by atoms with van der Waals surface area (Å²) in [5.41, 5.74) is 0. The van der Waals surface area contributed by atoms with Crippen molar-refractivity contribution in [1.82, 2.24) is 9.55 Å². The van der Waals surface area contributed by atoms with Crippen LogP contribution in [0.1, 0.15) is 25.7 Å². The van der Waals surface area contributed by atoms with Gasteiger partial charge in [-0.2, -0.15) is 0 Å². The van der Waals surface area contributed by atoms with Crippen LogP contribution in [0.3, 0.4) is 0 Å². The summed E-state index contributed by atoms with van der Waals surface area (Å²) in [7, 11) is 0. The van der Waals surface area contributed by atoms with E-state index in [2.05, 4.69) is 4.98 Å². The van der Waals surface area contributed by atoms with Crippen molar-refractivity contribution in [1.29, 1.82) is 0 Å². The molecule has 4 nitrogen and oxygen atoms in total. The van der Waals surface area contributed by atoms with Gasteiger partial charge in [0.05, 0.1) is 6.33 Å². The first kappa shape index (κ1) is 11.5. The molecule has 0 amide bonds. The molecule has 0 bridgehead atoms. The molecule has 1 heterocycles. The highest BCUT2D eigenvalue weighted by molar-refractivity contribution is 5.79. The molecule has 15 heavy (non-hydrogen) atoms. The number of rotatable bonds is 7. The van der Waals surface area contributed by atoms with Crippen LogP contribution in [0.5, 0.6) is 0 Å². The number of aromatic nitrogens is 2. The minimum Gasteiger partial charge on any atom is -0.478 e. The lowest BCUT2D eigenvalue weighted by molar-refractivity contribution is -0.131. The quantitative estimate of drug-likeness (QED) is 0.551. The van der Waals surface area contributed by atoms with E-state index in [0.717, 1.165) is 32.2 Å². The Labute approximate surface area is 89.3 Å². The predicted molar refractivity (Wildman–Crippen MR) is 57.5 cm³/mol. The Morgan fingerprint density at radius 1 is 1.40 bits per heavy atom. The third-order valence-electron chi connectivity index (χ3n) is 2.11. The lowest BCUT2D eigenvalue weighted by atomic mass is 10.2. The number of nitrogens with zero attached hydrogens (tertiary/aromatic N) is 2. The maximum atomic E-state index is 10.1. The highest BCUT2D eigenvalue weighted by atomic mass is 16.4. The maximum Gasteiger partial charge on any atom is 0.327 e. The average Bonchev–Trinajstić information content (AvgIpc) is 2.68. The number of carbonyl (C=O) groups is 1. The third-order valence-corrected chi connectivity index (χ3v) is 2.11. The highest BCUT2D eigenvalue weighted by Crippen LogP contribution is 2.02. The number of allylic oxidation sites excluding steroid dienone is 1. The largest absolute Gasteiger partial charge is 0.478 e. The third kappa shape index (κ3) is 5.67. The van der Waals surface area contributed by atoms with E-state index in [9.17, 15) is 4.79 Å². The molecular formula is C11H16N2O2. The SMILES string of the molecule is O=C(O)/C=C/CCCCCn1ccnc1. The second-order valence-electron chi connectivity index (χ2n) is 3.39. The van der Waals surface area contributed by atoms with E-state index in [0.29, 0.717) is 0 Å². The fraction of sp³-hybridized carbons (Fsp3) is 0.455. The molecule has 0 aliphatic rings. The number of carboxylic acid groups (broad SMARTS) is 1. The van der Waals surface area contributed by atoms with Crippen LogP contribution in [-0.2, 0) is 11.3 Å². The molecule has 4 heteroatoms. The Bertz CT molecular complexity index is 304. The molecule has 1 N–H and O–H groups in total. The normalized spacial score (nSPS) is 10.9. The van der Waals surface area contributed by atoms with Crippen molar-refractivity contribution in [2.75, 3.05) is 0 Å². The van der Waals surface area contributed by atoms with E-state index in [4.69, 9.17) is 5.11 Å². The van der Waals surface area contributed by atoms with Gasteiger partial charge in [0.1, 0.15) is 0 Å². The van der Waals surface area contributed by atoms with Gasteiger partial charge in [-0.25, -0.2) is 9.78 Å². The molecule has 1 aromatic heterocycles. The van der Waals surface area contributed by atoms with E-state index in [-0.39, 0.29) is 0 Å². The summed E-state index contributed by atoms with van der Waals surface area (Å²) >= 11 is 0. The molecule has 0 aliphatic carbocycles. The molecular weight excluding hydrogens is 192 g/mol. The summed E-state index contributed by atoms with van der Waals surface area (Å²) in [4.78, 5) is 14.1. The van der Waals surface area contributed by atoms with Crippen LogP contribution in [0, 0.1) is 0 Å². The van der Waals surface area contributed by atoms with Gasteiger partial charge in [0, 0.05) is 25.0 Å². The fourth-order valence-electron chi connectivity index (χ4n) is 1.34. The van der Waals surface area contributed by atoms with Gasteiger partial charge in [0.15, 0.2) is 0 Å². The number of aliphatic carboxylic acids is 1. The molecule has 0 spiro atoms. The lowest BCUT2D eigenvalue weighted by Gasteiger charge is -2.00. The summed E-state index contributed by atoms with van der Waals surface area (Å²) in [5, 5.41) is 8.34. The minimum atomic E-state index is -0.867. The van der Waals surface area contributed by atoms with E-state index >= 15 is 0 Å². The average molecular weight is 208 g/mol. The summed E-state index contributed by atoms with van der Waals surface area (Å²) < 4.78 is 2.05. The molecule has 0 unspecified atom stereocenters. The van der Waals surface area contributed by atoms with Gasteiger partial charge in [0.2, 0.25) is 0 Å². The Morgan fingerprint density at radius 2 is 2.27 bits per heavy atom. The Hall–Kier alpha value is -1.58. The Kier molecular flexibility index (Phi) is 5.22. The zero-order valence-corrected chi connectivity index (χ0v) is 8.67. The molecule has 82 valence electrons. The zero-order chi connectivity index (χ0) is 10.9. The van der Waals surface area contributed by atoms with Crippen LogP contribution >= 0.6 is 0 Å². The lowest BCUT2D eigenvalue weighted by Crippen LogP contribution is -1.93. The van der Waals surface area contributed by atoms with Crippen LogP contribution in [0.25, 0.3) is 0 Å². The zero-order valence-electron chi connectivity index (χ0n) is 8.67. The molecule has 0 aromatic carbocycles. The molecule has 0 radical (unpaired) electrons. The first-order valence-corrected chi connectivity index (χ1v) is 5.14. The van der Waals surface area contributed by atoms with Gasteiger partial charge in [0.25, 0.3) is 0 Å². The van der Waals surface area contributed by atoms with Crippen LogP contribution in [0.2, 0.25) is 0 Å². The molecule has 0 saturated carbocycles. The van der Waals surface area contributed by atoms with Crippen molar-refractivity contribution >= 4 is 5.97 Å². The second-order valence-corrected chi connectivity index (χ2v) is 3.39. The van der Waals surface area contributed by atoms with Crippen molar-refractivity contribution < 1.29 is 9.90 Å². The smallest absolute Gasteiger partial charge is 0.327 e. The Morgan fingerprint density at radius 3 is 2.93 bits per heavy atom. The monoisotopic (exact) mass is 208 g/mol. The summed E-state index contributed by atoms with van der Waals surface area (Å²) in [6.07, 6.45) is 12.5. The first-order valence-electron chi connectivity index (χ1n) is 5.14. The van der Waals surface area contributed by atoms with Gasteiger partial charge in [-0.05, 0) is 19.3 Å². The van der Waals surface area contributed by atoms with E-state index in [1.165, 1.54) is 6.08 Å². The standard InChI is InChI=1S/C11H16N2O2/c14-11(15)6-4-2-1-3-5-8-13-9-7-12-10-13/h4,6-7,9-10H,1-3,5,8H2,(H,14,15)/b6-4+. The minimum absolute atomic E-state index is 0.843. The van der Waals surface area contributed by atoms with Crippen molar-refractivity contribution in [3.63, 3.8) is 0 Å². The van der Waals surface area contributed by atoms with E-state index < -0.39 is 5.97 Å². The number of aryl methyl sites for hydroxylation is 1. The van der Waals surface area contributed by atoms with Crippen LogP contribution in [0.4, 0.5) is 0 Å². The van der Waals surface area contributed by atoms with Crippen molar-refractivity contribution in [3.8, 4) is 0 Å². The first-order chi connectivity index (χ1) is 7.29. The Balaban J connectivity index is 1.96. The van der Waals surface area contributed by atoms with Crippen molar-refractivity contribution in [2.45, 2.75) is 32.2 Å². The molecule has 0 atom stereocenters. The second kappa shape index (κ2) is 6.81. The topological polar surface area (TPSA) is 55.1 Å². The summed E-state index contributed by atoms with van der Waals surface area (Å²) in [6.45, 7) is 0.989. The van der Waals surface area contributed by atoms with Crippen molar-refractivity contribution in [2.24, 2.45) is 0 Å².